The van der Waals surface area contributed by atoms with Crippen LogP contribution in [-0.4, -0.2) is 51.9 Å². The van der Waals surface area contributed by atoms with Crippen molar-refractivity contribution in [2.24, 2.45) is 0 Å². The smallest absolute Gasteiger partial charge is 0.745 e. The Morgan fingerprint density at radius 1 is 0.440 bits per heavy atom. The summed E-state index contributed by atoms with van der Waals surface area (Å²) in [5, 5.41) is 1.42. The van der Waals surface area contributed by atoms with Crippen molar-refractivity contribution in [3.05, 3.63) is 47.9 Å². The van der Waals surface area contributed by atoms with Crippen molar-refractivity contribution >= 4 is 40.5 Å². The molecule has 0 atom stereocenters. The quantitative estimate of drug-likeness (QED) is 0.394. The zero-order chi connectivity index (χ0) is 20.8. The molecule has 0 aromatic rings. The predicted octanol–water partition coefficient (Wildman–Crippen LogP) is -1.30. The van der Waals surface area contributed by atoms with Crippen molar-refractivity contribution < 1.29 is 78.1 Å². The van der Waals surface area contributed by atoms with Crippen LogP contribution in [0.4, 0.5) is 0 Å². The van der Waals surface area contributed by atoms with Gasteiger partial charge in [-0.15, -0.1) is 0 Å². The summed E-state index contributed by atoms with van der Waals surface area (Å²) in [6, 6.07) is 0. The SMILES string of the molecule is C=CS(=O)(=O)[O-].C=CS(=O)(=O)[O-].C=CS(=O)(=O)[O-].C=CS(=O)(=O)[O-].[Zr+4]. The summed E-state index contributed by atoms with van der Waals surface area (Å²) >= 11 is 0. The van der Waals surface area contributed by atoms with Gasteiger partial charge in [-0.3, -0.25) is 0 Å². The largest absolute Gasteiger partial charge is 4.00 e. The molecule has 12 nitrogen and oxygen atoms in total. The third-order valence-corrected chi connectivity index (χ3v) is 2.45. The molecule has 0 aliphatic rings. The van der Waals surface area contributed by atoms with Gasteiger partial charge in [-0.25, -0.2) is 33.7 Å². The normalized spacial score (nSPS) is 10.4. The van der Waals surface area contributed by atoms with Gasteiger partial charge in [0.15, 0.2) is 0 Å². The molecular formula is C8H12O12S4Zr. The van der Waals surface area contributed by atoms with Crippen molar-refractivity contribution in [3.63, 3.8) is 0 Å². The molecule has 0 aliphatic carbocycles. The maximum Gasteiger partial charge on any atom is 4.00 e. The van der Waals surface area contributed by atoms with Crippen molar-refractivity contribution in [2.75, 3.05) is 0 Å². The van der Waals surface area contributed by atoms with Crippen LogP contribution >= 0.6 is 0 Å². The molecule has 0 rings (SSSR count). The first kappa shape index (κ1) is 35.6. The van der Waals surface area contributed by atoms with E-state index in [4.69, 9.17) is 0 Å². The van der Waals surface area contributed by atoms with E-state index in [1.165, 1.54) is 0 Å². The average Bonchev–Trinajstić information content (AvgIpc) is 2.37. The van der Waals surface area contributed by atoms with Crippen LogP contribution < -0.4 is 0 Å². The van der Waals surface area contributed by atoms with Crippen molar-refractivity contribution in [1.29, 1.82) is 0 Å². The molecule has 0 aromatic carbocycles. The first-order valence-corrected chi connectivity index (χ1v) is 10.5. The molecule has 25 heavy (non-hydrogen) atoms. The standard InChI is InChI=1S/4C2H4O3S.Zr/c4*1-2-6(3,4)5;/h4*2H,1H2,(H,3,4,5);/q;;;;+4/p-4. The first-order valence-electron chi connectivity index (χ1n) is 4.58. The molecule has 0 fully saturated rings. The van der Waals surface area contributed by atoms with Crippen LogP contribution in [0.1, 0.15) is 0 Å². The second-order valence-corrected chi connectivity index (χ2v) is 7.91. The Morgan fingerprint density at radius 3 is 0.480 bits per heavy atom. The molecule has 0 aromatic heterocycles. The van der Waals surface area contributed by atoms with E-state index in [-0.39, 0.29) is 26.2 Å². The van der Waals surface area contributed by atoms with Crippen molar-refractivity contribution in [1.82, 2.24) is 0 Å². The molecule has 0 spiro atoms. The minimum Gasteiger partial charge on any atom is -0.745 e. The second-order valence-electron chi connectivity index (χ2n) is 2.64. The molecule has 0 N–H and O–H groups in total. The minimum absolute atomic E-state index is 0. The van der Waals surface area contributed by atoms with Crippen LogP contribution in [0.5, 0.6) is 0 Å². The van der Waals surface area contributed by atoms with Gasteiger partial charge in [-0.05, 0) is 0 Å². The second kappa shape index (κ2) is 15.7. The fourth-order valence-electron chi connectivity index (χ4n) is 0. The Kier molecular flexibility index (Phi) is 22.4. The Hall–Kier alpha value is -0.517. The maximum atomic E-state index is 9.33. The van der Waals surface area contributed by atoms with Gasteiger partial charge in [0.2, 0.25) is 0 Å². The fourth-order valence-corrected chi connectivity index (χ4v) is 0. The molecule has 0 bridgehead atoms. The van der Waals surface area contributed by atoms with E-state index in [0.717, 1.165) is 0 Å². The van der Waals surface area contributed by atoms with Gasteiger partial charge >= 0.3 is 26.2 Å². The van der Waals surface area contributed by atoms with Crippen molar-refractivity contribution in [2.45, 2.75) is 0 Å². The van der Waals surface area contributed by atoms with E-state index < -0.39 is 40.5 Å². The third-order valence-electron chi connectivity index (χ3n) is 0.816. The molecule has 0 saturated heterocycles. The van der Waals surface area contributed by atoms with Gasteiger partial charge < -0.3 is 18.2 Å². The van der Waals surface area contributed by atoms with Crippen LogP contribution in [-0.2, 0) is 66.7 Å². The monoisotopic (exact) mass is 518 g/mol. The van der Waals surface area contributed by atoms with Crippen LogP contribution in [0, 0.1) is 0 Å². The van der Waals surface area contributed by atoms with Gasteiger partial charge in [0.05, 0.1) is 0 Å². The van der Waals surface area contributed by atoms with E-state index in [1.807, 2.05) is 0 Å². The summed E-state index contributed by atoms with van der Waals surface area (Å²) in [7, 11) is -16.6. The molecule has 17 heteroatoms. The molecule has 0 unspecified atom stereocenters. The molecule has 0 heterocycles. The van der Waals surface area contributed by atoms with E-state index in [0.29, 0.717) is 21.6 Å². The summed E-state index contributed by atoms with van der Waals surface area (Å²) < 4.78 is 112. The van der Waals surface area contributed by atoms with Crippen LogP contribution in [0.3, 0.4) is 0 Å². The Balaban J connectivity index is -0.0000000702. The number of hydrogen-bond acceptors (Lipinski definition) is 12. The van der Waals surface area contributed by atoms with Crippen LogP contribution in [0.2, 0.25) is 0 Å². The summed E-state index contributed by atoms with van der Waals surface area (Å²) in [6.07, 6.45) is 0. The Bertz CT molecular complexity index is 627. The average molecular weight is 520 g/mol. The zero-order valence-electron chi connectivity index (χ0n) is 12.2. The van der Waals surface area contributed by atoms with Crippen LogP contribution in [0.25, 0.3) is 0 Å². The maximum absolute atomic E-state index is 9.33. The molecule has 0 aliphatic heterocycles. The molecule has 0 amide bonds. The first-order chi connectivity index (χ1) is 10.2. The fraction of sp³-hybridized carbons (Fsp3) is 0. The third kappa shape index (κ3) is 82.2. The summed E-state index contributed by atoms with van der Waals surface area (Å²) in [5.74, 6) is 0. The van der Waals surface area contributed by atoms with Gasteiger partial charge in [0.25, 0.3) is 0 Å². The molecule has 0 radical (unpaired) electrons. The van der Waals surface area contributed by atoms with Gasteiger partial charge in [-0.1, -0.05) is 26.3 Å². The van der Waals surface area contributed by atoms with E-state index >= 15 is 0 Å². The van der Waals surface area contributed by atoms with E-state index in [9.17, 15) is 51.9 Å². The zero-order valence-corrected chi connectivity index (χ0v) is 17.9. The number of hydrogen-bond donors (Lipinski definition) is 0. The van der Waals surface area contributed by atoms with E-state index in [1.54, 1.807) is 0 Å². The topological polar surface area (TPSA) is 229 Å². The van der Waals surface area contributed by atoms with Gasteiger partial charge in [0, 0.05) is 21.6 Å². The summed E-state index contributed by atoms with van der Waals surface area (Å²) in [6.45, 7) is 10.9. The van der Waals surface area contributed by atoms with E-state index in [2.05, 4.69) is 26.3 Å². The predicted molar refractivity (Wildman–Crippen MR) is 79.6 cm³/mol. The number of rotatable bonds is 4. The van der Waals surface area contributed by atoms with Crippen molar-refractivity contribution in [3.8, 4) is 0 Å². The molecule has 0 saturated carbocycles. The van der Waals surface area contributed by atoms with Gasteiger partial charge in [-0.2, -0.15) is 0 Å². The Labute approximate surface area is 165 Å². The Morgan fingerprint density at radius 2 is 0.480 bits per heavy atom. The van der Waals surface area contributed by atoms with Gasteiger partial charge in [0.1, 0.15) is 40.5 Å². The minimum atomic E-state index is -4.15. The summed E-state index contributed by atoms with van der Waals surface area (Å²) in [5.41, 5.74) is 0. The molecule has 144 valence electrons. The van der Waals surface area contributed by atoms with Crippen LogP contribution in [0.15, 0.2) is 47.9 Å². The molecular weight excluding hydrogens is 508 g/mol. The summed E-state index contributed by atoms with van der Waals surface area (Å²) in [4.78, 5) is 0.